The third-order valence-corrected chi connectivity index (χ3v) is 3.09. The highest BCUT2D eigenvalue weighted by molar-refractivity contribution is 5.78. The van der Waals surface area contributed by atoms with Crippen LogP contribution in [0, 0.1) is 0 Å². The van der Waals surface area contributed by atoms with Gasteiger partial charge in [-0.2, -0.15) is 0 Å². The highest BCUT2D eigenvalue weighted by Crippen LogP contribution is 2.14. The van der Waals surface area contributed by atoms with Crippen LogP contribution in [-0.4, -0.2) is 62.6 Å². The predicted molar refractivity (Wildman–Crippen MR) is 66.3 cm³/mol. The average Bonchev–Trinajstić information content (AvgIpc) is 2.62. The summed E-state index contributed by atoms with van der Waals surface area (Å²) in [6.07, 6.45) is 1.83. The molecule has 0 spiro atoms. The Bertz CT molecular complexity index is 327. The molecule has 1 aliphatic rings. The molecule has 1 saturated heterocycles. The number of esters is 2. The van der Waals surface area contributed by atoms with E-state index in [1.54, 1.807) is 4.90 Å². The molecule has 0 bridgehead atoms. The van der Waals surface area contributed by atoms with Gasteiger partial charge in [0.05, 0.1) is 27.3 Å². The summed E-state index contributed by atoms with van der Waals surface area (Å²) in [6.45, 7) is 0.576. The van der Waals surface area contributed by atoms with E-state index < -0.39 is 11.9 Å². The van der Waals surface area contributed by atoms with Crippen LogP contribution in [0.4, 0.5) is 0 Å². The van der Waals surface area contributed by atoms with Crippen molar-refractivity contribution in [3.05, 3.63) is 0 Å². The predicted octanol–water partition coefficient (Wildman–Crippen LogP) is -0.697. The number of hydrogen-bond acceptors (Lipinski definition) is 6. The SMILES string of the molecule is COC(=O)CN(CC(=O)OC)C1CCCNC(=O)C1. The standard InChI is InChI=1S/C12H20N2O5/c1-18-11(16)7-14(8-12(17)19-2)9-4-3-5-13-10(15)6-9/h9H,3-8H2,1-2H3,(H,13,15). The summed E-state index contributed by atoms with van der Waals surface area (Å²) in [5, 5.41) is 2.77. The molecule has 1 heterocycles. The van der Waals surface area contributed by atoms with Crippen LogP contribution in [-0.2, 0) is 23.9 Å². The van der Waals surface area contributed by atoms with Gasteiger partial charge in [-0.05, 0) is 12.8 Å². The second kappa shape index (κ2) is 7.73. The minimum absolute atomic E-state index is 0.0243. The van der Waals surface area contributed by atoms with Crippen LogP contribution in [0.25, 0.3) is 0 Å². The molecule has 1 amide bonds. The van der Waals surface area contributed by atoms with E-state index in [1.807, 2.05) is 0 Å². The Balaban J connectivity index is 2.71. The highest BCUT2D eigenvalue weighted by atomic mass is 16.5. The van der Waals surface area contributed by atoms with E-state index >= 15 is 0 Å². The first kappa shape index (κ1) is 15.4. The second-order valence-corrected chi connectivity index (χ2v) is 4.41. The first-order valence-corrected chi connectivity index (χ1v) is 6.21. The molecule has 1 aliphatic heterocycles. The van der Waals surface area contributed by atoms with Gasteiger partial charge in [-0.3, -0.25) is 19.3 Å². The maximum atomic E-state index is 11.5. The molecule has 1 fully saturated rings. The quantitative estimate of drug-likeness (QED) is 0.666. The number of hydrogen-bond donors (Lipinski definition) is 1. The van der Waals surface area contributed by atoms with E-state index in [2.05, 4.69) is 14.8 Å². The largest absolute Gasteiger partial charge is 0.468 e. The van der Waals surface area contributed by atoms with E-state index in [0.29, 0.717) is 6.54 Å². The van der Waals surface area contributed by atoms with Gasteiger partial charge in [0.2, 0.25) is 5.91 Å². The summed E-state index contributed by atoms with van der Waals surface area (Å²) in [7, 11) is 2.58. The Labute approximate surface area is 112 Å². The van der Waals surface area contributed by atoms with Crippen molar-refractivity contribution in [1.82, 2.24) is 10.2 Å². The van der Waals surface area contributed by atoms with Crippen LogP contribution in [0.2, 0.25) is 0 Å². The van der Waals surface area contributed by atoms with Crippen LogP contribution in [0.5, 0.6) is 0 Å². The number of rotatable bonds is 5. The third kappa shape index (κ3) is 5.25. The van der Waals surface area contributed by atoms with Crippen molar-refractivity contribution in [3.8, 4) is 0 Å². The molecule has 1 unspecified atom stereocenters. The zero-order valence-corrected chi connectivity index (χ0v) is 11.3. The van der Waals surface area contributed by atoms with Crippen molar-refractivity contribution < 1.29 is 23.9 Å². The van der Waals surface area contributed by atoms with Gasteiger partial charge >= 0.3 is 11.9 Å². The Morgan fingerprint density at radius 1 is 1.26 bits per heavy atom. The number of carbonyl (C=O) groups is 3. The average molecular weight is 272 g/mol. The monoisotopic (exact) mass is 272 g/mol. The molecule has 0 radical (unpaired) electrons. The lowest BCUT2D eigenvalue weighted by atomic mass is 10.1. The van der Waals surface area contributed by atoms with Crippen LogP contribution >= 0.6 is 0 Å². The smallest absolute Gasteiger partial charge is 0.319 e. The molecule has 1 rings (SSSR count). The van der Waals surface area contributed by atoms with Crippen molar-refractivity contribution in [1.29, 1.82) is 0 Å². The summed E-state index contributed by atoms with van der Waals surface area (Å²) < 4.78 is 9.22. The molecule has 1 N–H and O–H groups in total. The van der Waals surface area contributed by atoms with Gasteiger partial charge in [0.1, 0.15) is 0 Å². The highest BCUT2D eigenvalue weighted by Gasteiger charge is 2.27. The number of ether oxygens (including phenoxy) is 2. The van der Waals surface area contributed by atoms with Crippen molar-refractivity contribution in [2.75, 3.05) is 33.9 Å². The molecule has 0 aromatic rings. The Morgan fingerprint density at radius 3 is 2.37 bits per heavy atom. The van der Waals surface area contributed by atoms with Gasteiger partial charge < -0.3 is 14.8 Å². The van der Waals surface area contributed by atoms with Crippen LogP contribution in [0.1, 0.15) is 19.3 Å². The topological polar surface area (TPSA) is 84.9 Å². The van der Waals surface area contributed by atoms with E-state index in [0.717, 1.165) is 12.8 Å². The second-order valence-electron chi connectivity index (χ2n) is 4.41. The van der Waals surface area contributed by atoms with Crippen molar-refractivity contribution >= 4 is 17.8 Å². The summed E-state index contributed by atoms with van der Waals surface area (Å²) in [4.78, 5) is 36.0. The molecule has 7 heteroatoms. The first-order chi connectivity index (χ1) is 9.06. The van der Waals surface area contributed by atoms with Crippen molar-refractivity contribution in [2.24, 2.45) is 0 Å². The lowest BCUT2D eigenvalue weighted by Crippen LogP contribution is -2.44. The fourth-order valence-electron chi connectivity index (χ4n) is 2.04. The lowest BCUT2D eigenvalue weighted by molar-refractivity contribution is -0.147. The molecule has 7 nitrogen and oxygen atoms in total. The van der Waals surface area contributed by atoms with E-state index in [4.69, 9.17) is 0 Å². The first-order valence-electron chi connectivity index (χ1n) is 6.21. The minimum atomic E-state index is -0.437. The van der Waals surface area contributed by atoms with Crippen LogP contribution in [0.3, 0.4) is 0 Å². The number of amides is 1. The zero-order valence-electron chi connectivity index (χ0n) is 11.3. The number of methoxy groups -OCH3 is 2. The maximum absolute atomic E-state index is 11.5. The molecule has 0 aliphatic carbocycles. The van der Waals surface area contributed by atoms with Gasteiger partial charge in [-0.1, -0.05) is 0 Å². The van der Waals surface area contributed by atoms with Crippen molar-refractivity contribution in [3.63, 3.8) is 0 Å². The Morgan fingerprint density at radius 2 is 1.84 bits per heavy atom. The van der Waals surface area contributed by atoms with E-state index in [9.17, 15) is 14.4 Å². The van der Waals surface area contributed by atoms with Gasteiger partial charge in [0, 0.05) is 19.0 Å². The molecular weight excluding hydrogens is 252 g/mol. The number of nitrogens with one attached hydrogen (secondary N) is 1. The fourth-order valence-corrected chi connectivity index (χ4v) is 2.04. The molecule has 0 saturated carbocycles. The summed E-state index contributed by atoms with van der Waals surface area (Å²) in [5.74, 6) is -0.940. The van der Waals surface area contributed by atoms with E-state index in [-0.39, 0.29) is 31.5 Å². The lowest BCUT2D eigenvalue weighted by Gasteiger charge is -2.28. The minimum Gasteiger partial charge on any atom is -0.468 e. The molecule has 1 atom stereocenters. The molecule has 108 valence electrons. The molecular formula is C12H20N2O5. The van der Waals surface area contributed by atoms with Gasteiger partial charge in [0.25, 0.3) is 0 Å². The Hall–Kier alpha value is -1.63. The molecule has 0 aromatic heterocycles. The van der Waals surface area contributed by atoms with Crippen LogP contribution < -0.4 is 5.32 Å². The van der Waals surface area contributed by atoms with Crippen LogP contribution in [0.15, 0.2) is 0 Å². The number of nitrogens with zero attached hydrogens (tertiary/aromatic N) is 1. The normalized spacial score (nSPS) is 19.5. The maximum Gasteiger partial charge on any atom is 0.319 e. The fraction of sp³-hybridized carbons (Fsp3) is 0.750. The van der Waals surface area contributed by atoms with Crippen molar-refractivity contribution in [2.45, 2.75) is 25.3 Å². The summed E-state index contributed by atoms with van der Waals surface area (Å²) >= 11 is 0. The van der Waals surface area contributed by atoms with Gasteiger partial charge in [-0.25, -0.2) is 0 Å². The zero-order chi connectivity index (χ0) is 14.3. The molecule has 19 heavy (non-hydrogen) atoms. The summed E-state index contributed by atoms with van der Waals surface area (Å²) in [5.41, 5.74) is 0. The third-order valence-electron chi connectivity index (χ3n) is 3.09. The Kier molecular flexibility index (Phi) is 6.27. The van der Waals surface area contributed by atoms with Gasteiger partial charge in [-0.15, -0.1) is 0 Å². The molecule has 0 aromatic carbocycles. The van der Waals surface area contributed by atoms with E-state index in [1.165, 1.54) is 14.2 Å². The number of carbonyl (C=O) groups excluding carboxylic acids is 3. The summed E-state index contributed by atoms with van der Waals surface area (Å²) in [6, 6.07) is -0.152. The van der Waals surface area contributed by atoms with Gasteiger partial charge in [0.15, 0.2) is 0 Å².